The number of halogens is 4. The second kappa shape index (κ2) is 31.1. The molecule has 0 spiro atoms. The molecule has 0 saturated heterocycles. The second-order valence-corrected chi connectivity index (χ2v) is 25.3. The fourth-order valence-electron chi connectivity index (χ4n) is 11.4. The van der Waals surface area contributed by atoms with Gasteiger partial charge in [0.05, 0.1) is 27.6 Å². The maximum atomic E-state index is 13.7. The number of alkyl halides is 3. The minimum atomic E-state index is -4.46. The van der Waals surface area contributed by atoms with Crippen LogP contribution >= 0.6 is 59.2 Å². The van der Waals surface area contributed by atoms with Gasteiger partial charge in [0.25, 0.3) is 0 Å². The lowest BCUT2D eigenvalue weighted by atomic mass is 9.95. The lowest BCUT2D eigenvalue weighted by Gasteiger charge is -2.33. The van der Waals surface area contributed by atoms with Crippen LogP contribution in [-0.2, 0) is 20.6 Å². The van der Waals surface area contributed by atoms with Crippen molar-refractivity contribution in [2.75, 3.05) is 38.8 Å². The number of carbonyl (C=O) groups is 3. The summed E-state index contributed by atoms with van der Waals surface area (Å²) in [5.41, 5.74) is 7.23. The van der Waals surface area contributed by atoms with Crippen molar-refractivity contribution in [3.63, 3.8) is 0 Å². The minimum Gasteiger partial charge on any atom is -0.352 e. The van der Waals surface area contributed by atoms with Crippen molar-refractivity contribution in [2.24, 2.45) is 0 Å². The number of amides is 3. The molecule has 0 bridgehead atoms. The summed E-state index contributed by atoms with van der Waals surface area (Å²) in [7, 11) is 0. The van der Waals surface area contributed by atoms with Gasteiger partial charge in [-0.3, -0.25) is 14.4 Å². The molecule has 12 rings (SSSR count). The van der Waals surface area contributed by atoms with Crippen LogP contribution in [0.5, 0.6) is 0 Å². The van der Waals surface area contributed by atoms with Crippen LogP contribution in [0.1, 0.15) is 130 Å². The highest BCUT2D eigenvalue weighted by atomic mass is 35.5. The van der Waals surface area contributed by atoms with Crippen molar-refractivity contribution in [3.05, 3.63) is 138 Å². The maximum absolute atomic E-state index is 13.7. The Bertz CT molecular complexity index is 3130. The molecule has 3 N–H and O–H groups in total. The summed E-state index contributed by atoms with van der Waals surface area (Å²) in [6, 6.07) is 41.2. The fraction of sp³-hybridized carbons (Fsp3) is 0.409. The van der Waals surface area contributed by atoms with Gasteiger partial charge in [-0.2, -0.15) is 13.2 Å². The Morgan fingerprint density at radius 3 is 1.31 bits per heavy atom. The lowest BCUT2D eigenvalue weighted by Crippen LogP contribution is -2.41. The van der Waals surface area contributed by atoms with Gasteiger partial charge < -0.3 is 28.9 Å². The minimum absolute atomic E-state index is 0.0177. The van der Waals surface area contributed by atoms with E-state index >= 15 is 0 Å². The molecule has 3 heterocycles. The monoisotopic (exact) mass is 1220 g/mol. The molecule has 83 heavy (non-hydrogen) atoms. The van der Waals surface area contributed by atoms with Gasteiger partial charge in [0, 0.05) is 60.0 Å². The SMILES string of the molecule is CC.CC.CSc1ccc2c(c1)-c1ccccc1SN2CC(=O)NC1CCCCC1.O=C(CN1Sc2ccccc2-c2c(Cl)cccc21)NC1CCCCC1.O=C(CN1Sc2ccccc2-c2c1cccc2C(F)(F)F)NC1CCCCC1. The first kappa shape index (κ1) is 63.6. The topological polar surface area (TPSA) is 97.0 Å². The number of rotatable bonds is 10. The number of hydrogen-bond acceptors (Lipinski definition) is 10. The molecule has 3 amide bonds. The van der Waals surface area contributed by atoms with Crippen LogP contribution in [0.25, 0.3) is 33.4 Å². The molecular weight excluding hydrogens is 1150 g/mol. The summed E-state index contributed by atoms with van der Waals surface area (Å²) >= 11 is 12.8. The van der Waals surface area contributed by atoms with Gasteiger partial charge in [-0.15, -0.1) is 11.8 Å². The number of carbonyl (C=O) groups excluding carboxylic acids is 3. The average Bonchev–Trinajstić information content (AvgIpc) is 3.49. The van der Waals surface area contributed by atoms with Crippen LogP contribution in [0, 0.1) is 0 Å². The molecule has 3 saturated carbocycles. The largest absolute Gasteiger partial charge is 0.417 e. The van der Waals surface area contributed by atoms with E-state index in [1.54, 1.807) is 70.3 Å². The van der Waals surface area contributed by atoms with Gasteiger partial charge in [0.15, 0.2) is 0 Å². The third-order valence-corrected chi connectivity index (χ3v) is 19.6. The molecule has 6 aromatic carbocycles. The molecule has 17 heteroatoms. The van der Waals surface area contributed by atoms with E-state index in [-0.39, 0.29) is 35.9 Å². The zero-order chi connectivity index (χ0) is 58.9. The first-order chi connectivity index (χ1) is 40.4. The normalized spacial score (nSPS) is 16.2. The average molecular weight is 1220 g/mol. The van der Waals surface area contributed by atoms with Crippen molar-refractivity contribution in [2.45, 2.75) is 168 Å². The Kier molecular flexibility index (Phi) is 23.9. The summed E-state index contributed by atoms with van der Waals surface area (Å²) in [5, 5.41) is 10.2. The number of anilines is 3. The van der Waals surface area contributed by atoms with Crippen molar-refractivity contribution in [3.8, 4) is 33.4 Å². The first-order valence-electron chi connectivity index (χ1n) is 29.6. The predicted molar refractivity (Wildman–Crippen MR) is 345 cm³/mol. The van der Waals surface area contributed by atoms with Crippen molar-refractivity contribution in [1.82, 2.24) is 16.0 Å². The Balaban J connectivity index is 0.000000158. The van der Waals surface area contributed by atoms with E-state index in [4.69, 9.17) is 11.6 Å². The van der Waals surface area contributed by atoms with Gasteiger partial charge in [0.1, 0.15) is 19.6 Å². The number of benzene rings is 6. The summed E-state index contributed by atoms with van der Waals surface area (Å²) < 4.78 is 46.9. The Morgan fingerprint density at radius 2 is 0.867 bits per heavy atom. The zero-order valence-corrected chi connectivity index (χ0v) is 52.3. The van der Waals surface area contributed by atoms with Crippen molar-refractivity contribution in [1.29, 1.82) is 0 Å². The summed E-state index contributed by atoms with van der Waals surface area (Å²) in [5.74, 6) is 0.0653. The van der Waals surface area contributed by atoms with E-state index < -0.39 is 11.7 Å². The van der Waals surface area contributed by atoms with Gasteiger partial charge in [0.2, 0.25) is 17.7 Å². The zero-order valence-electron chi connectivity index (χ0n) is 48.3. The fourth-order valence-corrected chi connectivity index (χ4v) is 15.4. The highest BCUT2D eigenvalue weighted by molar-refractivity contribution is 8.01. The molecule has 0 aromatic heterocycles. The van der Waals surface area contributed by atoms with Crippen LogP contribution in [0.2, 0.25) is 5.02 Å². The molecule has 3 aliphatic carbocycles. The third kappa shape index (κ3) is 16.5. The molecule has 3 aliphatic heterocycles. The molecule has 3 fully saturated rings. The van der Waals surface area contributed by atoms with Crippen LogP contribution in [0.4, 0.5) is 30.2 Å². The molecule has 6 aromatic rings. The van der Waals surface area contributed by atoms with Gasteiger partial charge >= 0.3 is 6.18 Å². The second-order valence-electron chi connectivity index (χ2n) is 20.8. The third-order valence-electron chi connectivity index (χ3n) is 15.2. The molecule has 6 aliphatic rings. The smallest absolute Gasteiger partial charge is 0.352 e. The maximum Gasteiger partial charge on any atom is 0.417 e. The lowest BCUT2D eigenvalue weighted by molar-refractivity contribution is -0.137. The quantitative estimate of drug-likeness (QED) is 0.0909. The van der Waals surface area contributed by atoms with Gasteiger partial charge in [-0.25, -0.2) is 0 Å². The van der Waals surface area contributed by atoms with Gasteiger partial charge in [-0.05, 0) is 152 Å². The number of fused-ring (bicyclic) bond motifs is 9. The highest BCUT2D eigenvalue weighted by Crippen LogP contribution is 2.52. The summed E-state index contributed by atoms with van der Waals surface area (Å²) in [4.78, 5) is 42.1. The molecule has 9 nitrogen and oxygen atoms in total. The van der Waals surface area contributed by atoms with Crippen LogP contribution < -0.4 is 28.9 Å². The molecule has 442 valence electrons. The summed E-state index contributed by atoms with van der Waals surface area (Å²) in [6.07, 6.45) is 14.9. The van der Waals surface area contributed by atoms with E-state index in [2.05, 4.69) is 85.4 Å². The van der Waals surface area contributed by atoms with Crippen LogP contribution in [-0.4, -0.2) is 61.7 Å². The predicted octanol–water partition coefficient (Wildman–Crippen LogP) is 18.3. The van der Waals surface area contributed by atoms with Crippen LogP contribution in [0.3, 0.4) is 0 Å². The van der Waals surface area contributed by atoms with Crippen LogP contribution in [0.15, 0.2) is 147 Å². The standard InChI is InChI=1S/C21H21F3N2OS.C21H24N2OS2.C20H21ClN2OS.2C2H6/c22-21(23,24)16-10-6-11-17-20(16)15-9-4-5-12-18(15)28-26(17)13-19(27)25-14-7-2-1-3-8-14;1-25-16-11-12-19-18(13-16)17-9-5-6-10-20(17)26-23(19)14-21(24)22-15-7-3-2-4-8-15;21-16-10-6-11-17-20(16)15-9-4-5-12-18(15)25-23(17)13-19(24)22-14-7-2-1-3-8-14;2*1-2/h4-6,9-12,14H,1-3,7-8,13H2,(H,25,27);5-6,9-13,15H,2-4,7-8,14H2,1H3,(H,22,24);4-6,9-12,14H,1-3,7-8,13H2,(H,22,24);2*1-2H3. The summed E-state index contributed by atoms with van der Waals surface area (Å²) in [6.45, 7) is 8.74. The van der Waals surface area contributed by atoms with E-state index in [1.165, 1.54) is 83.9 Å². The van der Waals surface area contributed by atoms with Crippen molar-refractivity contribution >= 4 is 94.0 Å². The molecule has 0 unspecified atom stereocenters. The van der Waals surface area contributed by atoms with E-state index in [0.29, 0.717) is 36.4 Å². The first-order valence-corrected chi connectivity index (χ1v) is 33.5. The number of nitrogens with zero attached hydrogens (tertiary/aromatic N) is 3. The van der Waals surface area contributed by atoms with E-state index in [9.17, 15) is 27.6 Å². The van der Waals surface area contributed by atoms with Gasteiger partial charge in [-0.1, -0.05) is 164 Å². The highest BCUT2D eigenvalue weighted by Gasteiger charge is 2.38. The number of thioether (sulfide) groups is 1. The van der Waals surface area contributed by atoms with Crippen molar-refractivity contribution < 1.29 is 27.6 Å². The Labute approximate surface area is 512 Å². The number of hydrogen-bond donors (Lipinski definition) is 3. The molecular formula is C66H78ClF3N6O3S4. The molecule has 0 radical (unpaired) electrons. The Hall–Kier alpha value is -5.39. The van der Waals surface area contributed by atoms with E-state index in [0.717, 1.165) is 94.7 Å². The van der Waals surface area contributed by atoms with E-state index in [1.807, 2.05) is 58.0 Å². The number of nitrogens with one attached hydrogen (secondary N) is 3. The molecule has 0 atom stereocenters. The Morgan fingerprint density at radius 1 is 0.482 bits per heavy atom.